The van der Waals surface area contributed by atoms with Crippen molar-refractivity contribution >= 4 is 22.1 Å². The molecule has 0 N–H and O–H groups in total. The Morgan fingerprint density at radius 3 is 2.64 bits per heavy atom. The lowest BCUT2D eigenvalue weighted by Crippen LogP contribution is -2.14. The normalized spacial score (nSPS) is 10.9. The monoisotopic (exact) mass is 335 g/mol. The molecule has 0 radical (unpaired) electrons. The number of sulfonamides is 1. The molecule has 0 unspecified atom stereocenters. The average Bonchev–Trinajstić information content (AvgIpc) is 2.43. The van der Waals surface area contributed by atoms with E-state index in [4.69, 9.17) is 4.74 Å². The molecule has 7 nitrogen and oxygen atoms in total. The van der Waals surface area contributed by atoms with Crippen LogP contribution in [0.1, 0.15) is 23.7 Å². The maximum absolute atomic E-state index is 12.4. The van der Waals surface area contributed by atoms with Gasteiger partial charge < -0.3 is 9.47 Å². The van der Waals surface area contributed by atoms with Crippen LogP contribution in [0.25, 0.3) is 0 Å². The van der Waals surface area contributed by atoms with Crippen LogP contribution in [0, 0.1) is 0 Å². The van der Waals surface area contributed by atoms with Crippen LogP contribution in [0.3, 0.4) is 0 Å². The highest BCUT2D eigenvalue weighted by Gasteiger charge is 2.29. The van der Waals surface area contributed by atoms with Crippen molar-refractivity contribution in [2.24, 2.45) is 4.40 Å². The third-order valence-corrected chi connectivity index (χ3v) is 3.52. The summed E-state index contributed by atoms with van der Waals surface area (Å²) in [5, 5.41) is 0. The van der Waals surface area contributed by atoms with Crippen molar-refractivity contribution in [1.82, 2.24) is 0 Å². The number of halogens is 2. The summed E-state index contributed by atoms with van der Waals surface area (Å²) in [4.78, 5) is 21.1. The van der Waals surface area contributed by atoms with E-state index in [1.165, 1.54) is 0 Å². The molecule has 1 rings (SSSR count). The first-order valence-corrected chi connectivity index (χ1v) is 7.36. The summed E-state index contributed by atoms with van der Waals surface area (Å²) in [6, 6.07) is 3.06. The van der Waals surface area contributed by atoms with Crippen LogP contribution < -0.4 is 4.74 Å². The Labute approximate surface area is 124 Å². The van der Waals surface area contributed by atoms with Crippen LogP contribution in [0.5, 0.6) is 5.75 Å². The van der Waals surface area contributed by atoms with Gasteiger partial charge in [-0.25, -0.2) is 9.59 Å². The highest BCUT2D eigenvalue weighted by molar-refractivity contribution is 7.90. The minimum absolute atomic E-state index is 0.00476. The van der Waals surface area contributed by atoms with E-state index >= 15 is 0 Å². The number of hydrogen-bond donors (Lipinski definition) is 0. The van der Waals surface area contributed by atoms with Gasteiger partial charge in [0.25, 0.3) is 16.1 Å². The van der Waals surface area contributed by atoms with Crippen LogP contribution in [-0.2, 0) is 19.6 Å². The van der Waals surface area contributed by atoms with Gasteiger partial charge in [-0.05, 0) is 18.6 Å². The Hall–Kier alpha value is -2.32. The van der Waals surface area contributed by atoms with E-state index < -0.39 is 38.8 Å². The average molecular weight is 335 g/mol. The van der Waals surface area contributed by atoms with Crippen LogP contribution in [0.15, 0.2) is 27.5 Å². The second kappa shape index (κ2) is 7.62. The number of hydrogen-bond acceptors (Lipinski definition) is 6. The molecule has 1 aromatic rings. The molecule has 0 aliphatic carbocycles. The fourth-order valence-corrected chi connectivity index (χ4v) is 2.49. The highest BCUT2D eigenvalue weighted by atomic mass is 32.2. The first-order chi connectivity index (χ1) is 10.3. The third kappa shape index (κ3) is 4.34. The summed E-state index contributed by atoms with van der Waals surface area (Å²) in [6.07, 6.45) is 1.25. The van der Waals surface area contributed by atoms with E-state index in [2.05, 4.69) is 9.13 Å². The Morgan fingerprint density at radius 1 is 1.41 bits per heavy atom. The van der Waals surface area contributed by atoms with Gasteiger partial charge in [0.2, 0.25) is 0 Å². The molecule has 120 valence electrons. The zero-order chi connectivity index (χ0) is 16.8. The molecule has 0 heterocycles. The van der Waals surface area contributed by atoms with Gasteiger partial charge in [0.15, 0.2) is 0 Å². The summed E-state index contributed by atoms with van der Waals surface area (Å²) >= 11 is 0. The molecule has 10 heteroatoms. The number of nitrogens with zero attached hydrogens (tertiary/aromatic N) is 1. The third-order valence-electron chi connectivity index (χ3n) is 2.27. The van der Waals surface area contributed by atoms with Crippen LogP contribution in [0.4, 0.5) is 8.78 Å². The van der Waals surface area contributed by atoms with E-state index in [1.807, 2.05) is 0 Å². The summed E-state index contributed by atoms with van der Waals surface area (Å²) in [5.41, 5.74) is -0.564. The van der Waals surface area contributed by atoms with Gasteiger partial charge in [-0.1, -0.05) is 17.4 Å². The van der Waals surface area contributed by atoms with Crippen LogP contribution >= 0.6 is 0 Å². The van der Waals surface area contributed by atoms with Crippen LogP contribution in [-0.4, -0.2) is 33.7 Å². The quantitative estimate of drug-likeness (QED) is 0.428. The van der Waals surface area contributed by atoms with E-state index in [9.17, 15) is 26.8 Å². The lowest BCUT2D eigenvalue weighted by Gasteiger charge is -2.12. The van der Waals surface area contributed by atoms with Gasteiger partial charge in [-0.3, -0.25) is 0 Å². The van der Waals surface area contributed by atoms with Crippen molar-refractivity contribution in [2.75, 3.05) is 6.61 Å². The first kappa shape index (κ1) is 17.7. The Kier molecular flexibility index (Phi) is 6.14. The zero-order valence-electron chi connectivity index (χ0n) is 11.3. The standard InChI is InChI=1S/C12H11F2NO6S/c1-2-6-20-11(17)8-4-3-5-9(21-12(13)14)10(8)22(18,19)15-7-16/h3-5,12H,2,6H2,1H3. The zero-order valence-corrected chi connectivity index (χ0v) is 12.1. The molecule has 0 bridgehead atoms. The van der Waals surface area contributed by atoms with Gasteiger partial charge in [0.05, 0.1) is 12.2 Å². The molecule has 0 amide bonds. The summed E-state index contributed by atoms with van der Waals surface area (Å²) in [7, 11) is -4.75. The molecule has 22 heavy (non-hydrogen) atoms. The molecular formula is C12H11F2NO6S. The molecule has 0 fully saturated rings. The van der Waals surface area contributed by atoms with E-state index in [-0.39, 0.29) is 6.61 Å². The largest absolute Gasteiger partial charge is 0.462 e. The van der Waals surface area contributed by atoms with Crippen molar-refractivity contribution < 1.29 is 36.3 Å². The number of isocyanates is 1. The Morgan fingerprint density at radius 2 is 2.09 bits per heavy atom. The van der Waals surface area contributed by atoms with E-state index in [0.29, 0.717) is 6.42 Å². The second-order valence-electron chi connectivity index (χ2n) is 3.80. The molecule has 0 aromatic heterocycles. The van der Waals surface area contributed by atoms with Crippen LogP contribution in [0.2, 0.25) is 0 Å². The molecular weight excluding hydrogens is 324 g/mol. The number of benzene rings is 1. The van der Waals surface area contributed by atoms with E-state index in [0.717, 1.165) is 24.3 Å². The molecule has 0 spiro atoms. The number of esters is 1. The van der Waals surface area contributed by atoms with Gasteiger partial charge in [0.1, 0.15) is 10.6 Å². The van der Waals surface area contributed by atoms with Gasteiger partial charge in [-0.15, -0.1) is 0 Å². The predicted octanol–water partition coefficient (Wildman–Crippen LogP) is 1.88. The maximum Gasteiger partial charge on any atom is 0.387 e. The second-order valence-corrected chi connectivity index (χ2v) is 5.35. The Bertz CT molecular complexity index is 698. The number of ether oxygens (including phenoxy) is 2. The molecule has 0 saturated heterocycles. The van der Waals surface area contributed by atoms with Gasteiger partial charge in [0, 0.05) is 0 Å². The summed E-state index contributed by atoms with van der Waals surface area (Å²) in [5.74, 6) is -1.89. The number of carbonyl (C=O) groups excluding carboxylic acids is 2. The molecule has 0 atom stereocenters. The topological polar surface area (TPSA) is 99.1 Å². The lowest BCUT2D eigenvalue weighted by atomic mass is 10.2. The molecule has 1 aromatic carbocycles. The Balaban J connectivity index is 3.50. The fourth-order valence-electron chi connectivity index (χ4n) is 1.50. The summed E-state index contributed by atoms with van der Waals surface area (Å²) in [6.45, 7) is -1.64. The molecule has 0 aliphatic rings. The van der Waals surface area contributed by atoms with Crippen molar-refractivity contribution in [3.8, 4) is 5.75 Å². The number of rotatable bonds is 7. The SMILES string of the molecule is CCCOC(=O)c1cccc(OC(F)F)c1S(=O)(=O)N=C=O. The van der Waals surface area contributed by atoms with Crippen molar-refractivity contribution in [1.29, 1.82) is 0 Å². The van der Waals surface area contributed by atoms with Crippen molar-refractivity contribution in [3.05, 3.63) is 23.8 Å². The summed E-state index contributed by atoms with van der Waals surface area (Å²) < 4.78 is 59.9. The van der Waals surface area contributed by atoms with Crippen molar-refractivity contribution in [2.45, 2.75) is 24.9 Å². The minimum Gasteiger partial charge on any atom is -0.462 e. The predicted molar refractivity (Wildman–Crippen MR) is 69.0 cm³/mol. The lowest BCUT2D eigenvalue weighted by molar-refractivity contribution is -0.0518. The fraction of sp³-hybridized carbons (Fsp3) is 0.333. The minimum atomic E-state index is -4.75. The number of carbonyl (C=O) groups is 1. The van der Waals surface area contributed by atoms with E-state index in [1.54, 1.807) is 6.92 Å². The first-order valence-electron chi connectivity index (χ1n) is 5.92. The van der Waals surface area contributed by atoms with Gasteiger partial charge >= 0.3 is 12.6 Å². The smallest absolute Gasteiger partial charge is 0.387 e. The van der Waals surface area contributed by atoms with Crippen molar-refractivity contribution in [3.63, 3.8) is 0 Å². The molecule has 0 saturated carbocycles. The maximum atomic E-state index is 12.4. The van der Waals surface area contributed by atoms with Gasteiger partial charge in [-0.2, -0.15) is 17.2 Å². The number of alkyl halides is 2. The highest BCUT2D eigenvalue weighted by Crippen LogP contribution is 2.31. The molecule has 0 aliphatic heterocycles.